The van der Waals surface area contributed by atoms with E-state index >= 15 is 0 Å². The first-order valence-electron chi connectivity index (χ1n) is 7.25. The van der Waals surface area contributed by atoms with Crippen molar-refractivity contribution < 1.29 is 0 Å². The summed E-state index contributed by atoms with van der Waals surface area (Å²) in [4.78, 5) is 12.9. The molecule has 7 nitrogen and oxygen atoms in total. The Labute approximate surface area is 122 Å². The van der Waals surface area contributed by atoms with Crippen LogP contribution in [-0.4, -0.2) is 29.3 Å². The average molecular weight is 285 g/mol. The van der Waals surface area contributed by atoms with Crippen molar-refractivity contribution in [3.8, 4) is 5.95 Å². The molecule has 0 aromatic carbocycles. The minimum Gasteiger partial charge on any atom is -0.368 e. The summed E-state index contributed by atoms with van der Waals surface area (Å²) in [6, 6.07) is 0. The number of nitrogens with zero attached hydrogens (tertiary/aromatic N) is 6. The number of hydrogen-bond donors (Lipinski definition) is 1. The van der Waals surface area contributed by atoms with Gasteiger partial charge in [-0.3, -0.25) is 4.98 Å². The zero-order valence-electron chi connectivity index (χ0n) is 12.3. The Hall–Kier alpha value is -2.44. The van der Waals surface area contributed by atoms with Crippen LogP contribution in [0, 0.1) is 0 Å². The van der Waals surface area contributed by atoms with Gasteiger partial charge in [-0.05, 0) is 18.4 Å². The van der Waals surface area contributed by atoms with Crippen molar-refractivity contribution in [2.45, 2.75) is 39.7 Å². The lowest BCUT2D eigenvalue weighted by molar-refractivity contribution is 0.651. The third-order valence-electron chi connectivity index (χ3n) is 3.44. The smallest absolute Gasteiger partial charge is 0.235 e. The first kappa shape index (κ1) is 13.5. The molecule has 0 aliphatic rings. The van der Waals surface area contributed by atoms with E-state index in [4.69, 9.17) is 5.73 Å². The Morgan fingerprint density at radius 3 is 2.71 bits per heavy atom. The van der Waals surface area contributed by atoms with Crippen molar-refractivity contribution in [3.63, 3.8) is 0 Å². The molecule has 0 unspecified atom stereocenters. The van der Waals surface area contributed by atoms with Gasteiger partial charge in [0.2, 0.25) is 11.9 Å². The molecule has 0 atom stereocenters. The number of pyridine rings is 1. The quantitative estimate of drug-likeness (QED) is 0.774. The first-order valence-corrected chi connectivity index (χ1v) is 7.25. The highest BCUT2D eigenvalue weighted by Crippen LogP contribution is 2.23. The second-order valence-corrected chi connectivity index (χ2v) is 5.01. The maximum atomic E-state index is 5.88. The zero-order valence-corrected chi connectivity index (χ0v) is 12.3. The average Bonchev–Trinajstić information content (AvgIpc) is 3.04. The van der Waals surface area contributed by atoms with E-state index in [0.29, 0.717) is 11.9 Å². The predicted octanol–water partition coefficient (Wildman–Crippen LogP) is 1.96. The number of aryl methyl sites for hydroxylation is 2. The molecule has 0 fully saturated rings. The standard InChI is InChI=1S/C14H19N7/c1-3-5-10-7-16-8-11-12(10)20(6-4-2)14(19-11)21-13(15)17-9-18-21/h7-9H,3-6H2,1-2H3,(H2,15,17,18). The second kappa shape index (κ2) is 5.51. The number of nitrogens with two attached hydrogens (primary N) is 1. The summed E-state index contributed by atoms with van der Waals surface area (Å²) >= 11 is 0. The van der Waals surface area contributed by atoms with Gasteiger partial charge in [-0.2, -0.15) is 14.8 Å². The van der Waals surface area contributed by atoms with Crippen LogP contribution in [0.3, 0.4) is 0 Å². The molecule has 0 saturated carbocycles. The predicted molar refractivity (Wildman–Crippen MR) is 81.1 cm³/mol. The molecular formula is C14H19N7. The summed E-state index contributed by atoms with van der Waals surface area (Å²) in [6.07, 6.45) is 8.20. The van der Waals surface area contributed by atoms with Crippen molar-refractivity contribution in [1.29, 1.82) is 0 Å². The van der Waals surface area contributed by atoms with Gasteiger partial charge in [0.25, 0.3) is 0 Å². The number of fused-ring (bicyclic) bond motifs is 1. The number of aromatic nitrogens is 6. The topological polar surface area (TPSA) is 87.4 Å². The molecule has 0 spiro atoms. The van der Waals surface area contributed by atoms with Crippen LogP contribution in [-0.2, 0) is 13.0 Å². The molecule has 3 heterocycles. The molecule has 0 aliphatic heterocycles. The van der Waals surface area contributed by atoms with Gasteiger partial charge >= 0.3 is 0 Å². The van der Waals surface area contributed by atoms with Gasteiger partial charge in [-0.15, -0.1) is 0 Å². The number of imidazole rings is 1. The maximum Gasteiger partial charge on any atom is 0.235 e. The largest absolute Gasteiger partial charge is 0.368 e. The fourth-order valence-electron chi connectivity index (χ4n) is 2.60. The third-order valence-corrected chi connectivity index (χ3v) is 3.44. The van der Waals surface area contributed by atoms with Crippen LogP contribution in [0.5, 0.6) is 0 Å². The lowest BCUT2D eigenvalue weighted by Crippen LogP contribution is -2.11. The van der Waals surface area contributed by atoms with Crippen LogP contribution < -0.4 is 5.73 Å². The van der Waals surface area contributed by atoms with Crippen LogP contribution in [0.25, 0.3) is 17.0 Å². The highest BCUT2D eigenvalue weighted by Gasteiger charge is 2.17. The van der Waals surface area contributed by atoms with Gasteiger partial charge in [-0.1, -0.05) is 20.3 Å². The van der Waals surface area contributed by atoms with Crippen LogP contribution in [0.4, 0.5) is 5.95 Å². The van der Waals surface area contributed by atoms with Crippen LogP contribution in [0.2, 0.25) is 0 Å². The van der Waals surface area contributed by atoms with Crippen molar-refractivity contribution in [3.05, 3.63) is 24.3 Å². The van der Waals surface area contributed by atoms with Gasteiger partial charge in [0, 0.05) is 12.7 Å². The summed E-state index contributed by atoms with van der Waals surface area (Å²) in [5.41, 5.74) is 9.08. The van der Waals surface area contributed by atoms with E-state index in [0.717, 1.165) is 36.8 Å². The minimum absolute atomic E-state index is 0.340. The number of hydrogen-bond acceptors (Lipinski definition) is 5. The molecule has 0 bridgehead atoms. The van der Waals surface area contributed by atoms with E-state index in [1.54, 1.807) is 10.9 Å². The van der Waals surface area contributed by atoms with Gasteiger partial charge in [0.1, 0.15) is 11.8 Å². The summed E-state index contributed by atoms with van der Waals surface area (Å²) in [7, 11) is 0. The Morgan fingerprint density at radius 2 is 2.05 bits per heavy atom. The SMILES string of the molecule is CCCc1cncc2nc(-n3ncnc3N)n(CCC)c12. The summed E-state index contributed by atoms with van der Waals surface area (Å²) < 4.78 is 3.73. The Kier molecular flexibility index (Phi) is 3.55. The minimum atomic E-state index is 0.340. The van der Waals surface area contributed by atoms with E-state index in [9.17, 15) is 0 Å². The maximum absolute atomic E-state index is 5.88. The van der Waals surface area contributed by atoms with Gasteiger partial charge in [0.15, 0.2) is 0 Å². The molecule has 0 radical (unpaired) electrons. The van der Waals surface area contributed by atoms with E-state index in [1.165, 1.54) is 11.9 Å². The van der Waals surface area contributed by atoms with Crippen LogP contribution in [0.1, 0.15) is 32.3 Å². The Balaban J connectivity index is 2.28. The molecule has 7 heteroatoms. The van der Waals surface area contributed by atoms with Crippen molar-refractivity contribution in [2.24, 2.45) is 0 Å². The van der Waals surface area contributed by atoms with E-state index in [-0.39, 0.29) is 0 Å². The van der Waals surface area contributed by atoms with E-state index in [1.807, 2.05) is 6.20 Å². The summed E-state index contributed by atoms with van der Waals surface area (Å²) in [5.74, 6) is 1.04. The van der Waals surface area contributed by atoms with Gasteiger partial charge in [0.05, 0.1) is 11.7 Å². The summed E-state index contributed by atoms with van der Waals surface area (Å²) in [5, 5.41) is 4.18. The Morgan fingerprint density at radius 1 is 1.19 bits per heavy atom. The van der Waals surface area contributed by atoms with Crippen molar-refractivity contribution in [2.75, 3.05) is 5.73 Å². The molecule has 21 heavy (non-hydrogen) atoms. The molecule has 110 valence electrons. The number of rotatable bonds is 5. The molecule has 3 aromatic heterocycles. The highest BCUT2D eigenvalue weighted by molar-refractivity contribution is 5.80. The molecule has 2 N–H and O–H groups in total. The third kappa shape index (κ3) is 2.24. The van der Waals surface area contributed by atoms with Crippen LogP contribution in [0.15, 0.2) is 18.7 Å². The molecular weight excluding hydrogens is 266 g/mol. The molecule has 3 aromatic rings. The molecule has 0 saturated heterocycles. The summed E-state index contributed by atoms with van der Waals surface area (Å²) in [6.45, 7) is 5.16. The first-order chi connectivity index (χ1) is 10.3. The fourth-order valence-corrected chi connectivity index (χ4v) is 2.60. The molecule has 3 rings (SSSR count). The van der Waals surface area contributed by atoms with E-state index in [2.05, 4.69) is 38.5 Å². The van der Waals surface area contributed by atoms with Crippen LogP contribution >= 0.6 is 0 Å². The van der Waals surface area contributed by atoms with Gasteiger partial charge < -0.3 is 10.3 Å². The Bertz CT molecular complexity index is 756. The van der Waals surface area contributed by atoms with Gasteiger partial charge in [-0.25, -0.2) is 4.98 Å². The van der Waals surface area contributed by atoms with E-state index < -0.39 is 0 Å². The number of nitrogen functional groups attached to an aromatic ring is 1. The highest BCUT2D eigenvalue weighted by atomic mass is 15.4. The monoisotopic (exact) mass is 285 g/mol. The number of anilines is 1. The lowest BCUT2D eigenvalue weighted by Gasteiger charge is -2.10. The van der Waals surface area contributed by atoms with Crippen molar-refractivity contribution in [1.82, 2.24) is 29.3 Å². The second-order valence-electron chi connectivity index (χ2n) is 5.01. The fraction of sp³-hybridized carbons (Fsp3) is 0.429. The van der Waals surface area contributed by atoms with Crippen molar-refractivity contribution >= 4 is 17.0 Å². The molecule has 0 amide bonds. The zero-order chi connectivity index (χ0) is 14.8. The molecule has 0 aliphatic carbocycles. The normalized spacial score (nSPS) is 11.3. The lowest BCUT2D eigenvalue weighted by atomic mass is 10.1.